The van der Waals surface area contributed by atoms with Crippen molar-refractivity contribution < 1.29 is 4.39 Å². The van der Waals surface area contributed by atoms with Gasteiger partial charge in [0, 0.05) is 19.6 Å². The molecule has 1 atom stereocenters. The topological polar surface area (TPSA) is 39.7 Å². The summed E-state index contributed by atoms with van der Waals surface area (Å²) in [6.07, 6.45) is 4.04. The van der Waals surface area contributed by atoms with Crippen molar-refractivity contribution in [2.75, 3.05) is 32.7 Å². The first-order valence-electron chi connectivity index (χ1n) is 9.16. The molecule has 0 bridgehead atoms. The maximum Gasteiger partial charge on any atom is 0.191 e. The van der Waals surface area contributed by atoms with Crippen molar-refractivity contribution in [1.29, 1.82) is 0 Å². The van der Waals surface area contributed by atoms with Crippen LogP contribution in [0.5, 0.6) is 0 Å². The average Bonchev–Trinajstić information content (AvgIpc) is 2.58. The van der Waals surface area contributed by atoms with Crippen molar-refractivity contribution in [2.24, 2.45) is 10.9 Å². The molecule has 24 heavy (non-hydrogen) atoms. The van der Waals surface area contributed by atoms with Gasteiger partial charge in [-0.3, -0.25) is 0 Å². The van der Waals surface area contributed by atoms with Gasteiger partial charge in [-0.15, -0.1) is 0 Å². The monoisotopic (exact) mass is 334 g/mol. The van der Waals surface area contributed by atoms with Gasteiger partial charge in [-0.1, -0.05) is 25.5 Å². The molecule has 134 valence electrons. The van der Waals surface area contributed by atoms with E-state index in [9.17, 15) is 4.39 Å². The summed E-state index contributed by atoms with van der Waals surface area (Å²) in [5.41, 5.74) is 0.883. The second kappa shape index (κ2) is 10.3. The van der Waals surface area contributed by atoms with E-state index in [0.29, 0.717) is 12.5 Å². The molecule has 1 aliphatic heterocycles. The Morgan fingerprint density at radius 3 is 2.75 bits per heavy atom. The van der Waals surface area contributed by atoms with E-state index in [1.807, 2.05) is 6.07 Å². The highest BCUT2D eigenvalue weighted by atomic mass is 19.1. The molecular weight excluding hydrogens is 303 g/mol. The number of nitrogens with one attached hydrogen (secondary N) is 2. The molecule has 0 aliphatic carbocycles. The number of halogens is 1. The highest BCUT2D eigenvalue weighted by Crippen LogP contribution is 2.10. The third-order valence-electron chi connectivity index (χ3n) is 4.29. The van der Waals surface area contributed by atoms with Gasteiger partial charge in [0.05, 0.1) is 6.54 Å². The number of hydrogen-bond donors (Lipinski definition) is 2. The Bertz CT molecular complexity index is 512. The molecule has 5 heteroatoms. The maximum atomic E-state index is 13.2. The van der Waals surface area contributed by atoms with E-state index < -0.39 is 0 Å². The van der Waals surface area contributed by atoms with Gasteiger partial charge in [0.25, 0.3) is 0 Å². The third-order valence-corrected chi connectivity index (χ3v) is 4.29. The van der Waals surface area contributed by atoms with Crippen LogP contribution < -0.4 is 10.6 Å². The number of benzene rings is 1. The van der Waals surface area contributed by atoms with Crippen molar-refractivity contribution >= 4 is 5.96 Å². The van der Waals surface area contributed by atoms with E-state index >= 15 is 0 Å². The summed E-state index contributed by atoms with van der Waals surface area (Å²) in [6.45, 7) is 10.1. The summed E-state index contributed by atoms with van der Waals surface area (Å²) in [5, 5.41) is 6.67. The Kier molecular flexibility index (Phi) is 8.02. The molecule has 1 fully saturated rings. The predicted molar refractivity (Wildman–Crippen MR) is 98.7 cm³/mol. The normalized spacial score (nSPS) is 17.5. The van der Waals surface area contributed by atoms with Crippen molar-refractivity contribution in [1.82, 2.24) is 15.5 Å². The summed E-state index contributed by atoms with van der Waals surface area (Å²) in [6, 6.07) is 6.61. The van der Waals surface area contributed by atoms with Crippen molar-refractivity contribution in [3.63, 3.8) is 0 Å². The number of aliphatic imine (C=N–C) groups is 1. The summed E-state index contributed by atoms with van der Waals surface area (Å²) < 4.78 is 13.2. The van der Waals surface area contributed by atoms with Crippen LogP contribution in [0.2, 0.25) is 0 Å². The summed E-state index contributed by atoms with van der Waals surface area (Å²) in [7, 11) is 0. The fourth-order valence-electron chi connectivity index (χ4n) is 3.07. The summed E-state index contributed by atoms with van der Waals surface area (Å²) in [4.78, 5) is 7.12. The zero-order chi connectivity index (χ0) is 17.2. The average molecular weight is 334 g/mol. The van der Waals surface area contributed by atoms with Crippen LogP contribution in [0.25, 0.3) is 0 Å². The minimum Gasteiger partial charge on any atom is -0.357 e. The summed E-state index contributed by atoms with van der Waals surface area (Å²) >= 11 is 0. The number of likely N-dealkylation sites (tertiary alicyclic amines) is 1. The number of rotatable bonds is 7. The molecule has 0 spiro atoms. The van der Waals surface area contributed by atoms with E-state index in [4.69, 9.17) is 0 Å². The lowest BCUT2D eigenvalue weighted by atomic mass is 10.1. The Labute approximate surface area is 145 Å². The van der Waals surface area contributed by atoms with Crippen molar-refractivity contribution in [2.45, 2.75) is 39.7 Å². The van der Waals surface area contributed by atoms with Crippen LogP contribution in [0.3, 0.4) is 0 Å². The van der Waals surface area contributed by atoms with E-state index in [1.165, 1.54) is 44.5 Å². The van der Waals surface area contributed by atoms with Gasteiger partial charge in [0.1, 0.15) is 5.82 Å². The third kappa shape index (κ3) is 6.87. The molecule has 1 saturated heterocycles. The quantitative estimate of drug-likeness (QED) is 0.595. The molecule has 2 N–H and O–H groups in total. The maximum absolute atomic E-state index is 13.2. The van der Waals surface area contributed by atoms with Gasteiger partial charge < -0.3 is 15.5 Å². The Hall–Kier alpha value is -1.62. The number of piperidine rings is 1. The lowest BCUT2D eigenvalue weighted by Crippen LogP contribution is -2.42. The molecule has 0 saturated carbocycles. The van der Waals surface area contributed by atoms with Crippen LogP contribution in [0.4, 0.5) is 4.39 Å². The first-order chi connectivity index (χ1) is 11.7. The van der Waals surface area contributed by atoms with Crippen LogP contribution in [0, 0.1) is 11.7 Å². The van der Waals surface area contributed by atoms with E-state index in [2.05, 4.69) is 34.4 Å². The lowest BCUT2D eigenvalue weighted by molar-refractivity contribution is 0.201. The number of guanidine groups is 1. The lowest BCUT2D eigenvalue weighted by Gasteiger charge is -2.29. The van der Waals surface area contributed by atoms with Gasteiger partial charge in [0.2, 0.25) is 0 Å². The van der Waals surface area contributed by atoms with Crippen molar-refractivity contribution in [3.05, 3.63) is 35.6 Å². The van der Waals surface area contributed by atoms with E-state index in [1.54, 1.807) is 6.07 Å². The van der Waals surface area contributed by atoms with Gasteiger partial charge >= 0.3 is 0 Å². The minimum absolute atomic E-state index is 0.212. The molecule has 1 heterocycles. The minimum atomic E-state index is -0.212. The Balaban J connectivity index is 1.80. The largest absolute Gasteiger partial charge is 0.357 e. The van der Waals surface area contributed by atoms with Crippen LogP contribution in [-0.4, -0.2) is 43.6 Å². The first-order valence-corrected chi connectivity index (χ1v) is 9.16. The smallest absolute Gasteiger partial charge is 0.191 e. The Morgan fingerprint density at radius 2 is 2.04 bits per heavy atom. The molecule has 4 nitrogen and oxygen atoms in total. The zero-order valence-electron chi connectivity index (χ0n) is 15.0. The number of hydrogen-bond acceptors (Lipinski definition) is 2. The molecule has 0 amide bonds. The molecule has 0 radical (unpaired) electrons. The van der Waals surface area contributed by atoms with Gasteiger partial charge in [-0.2, -0.15) is 0 Å². The van der Waals surface area contributed by atoms with Crippen LogP contribution in [-0.2, 0) is 6.54 Å². The van der Waals surface area contributed by atoms with E-state index in [0.717, 1.165) is 31.2 Å². The second-order valence-corrected chi connectivity index (χ2v) is 6.67. The molecular formula is C19H31FN4. The molecule has 1 aromatic carbocycles. The molecule has 1 aromatic rings. The molecule has 2 rings (SSSR count). The van der Waals surface area contributed by atoms with E-state index in [-0.39, 0.29) is 5.82 Å². The van der Waals surface area contributed by atoms with Gasteiger partial charge in [0.15, 0.2) is 5.96 Å². The van der Waals surface area contributed by atoms with Crippen molar-refractivity contribution in [3.8, 4) is 0 Å². The van der Waals surface area contributed by atoms with Crippen LogP contribution in [0.15, 0.2) is 29.3 Å². The molecule has 1 unspecified atom stereocenters. The highest BCUT2D eigenvalue weighted by molar-refractivity contribution is 5.79. The fraction of sp³-hybridized carbons (Fsp3) is 0.632. The number of nitrogens with zero attached hydrogens (tertiary/aromatic N) is 2. The second-order valence-electron chi connectivity index (χ2n) is 6.67. The molecule has 1 aliphatic rings. The van der Waals surface area contributed by atoms with Gasteiger partial charge in [-0.25, -0.2) is 9.38 Å². The first kappa shape index (κ1) is 18.7. The van der Waals surface area contributed by atoms with Crippen LogP contribution in [0.1, 0.15) is 38.7 Å². The highest BCUT2D eigenvalue weighted by Gasteiger charge is 2.13. The fourth-order valence-corrected chi connectivity index (χ4v) is 3.07. The van der Waals surface area contributed by atoms with Crippen LogP contribution >= 0.6 is 0 Å². The standard InChI is InChI=1S/C19H31FN4/c1-3-21-19(23-14-17-8-7-9-18(20)12-17)22-13-16(2)15-24-10-5-4-6-11-24/h7-9,12,16H,3-6,10-11,13-15H2,1-2H3,(H2,21,22,23). The Morgan fingerprint density at radius 1 is 1.25 bits per heavy atom. The molecule has 0 aromatic heterocycles. The predicted octanol–water partition coefficient (Wildman–Crippen LogP) is 3.00. The SMILES string of the molecule is CCNC(=NCc1cccc(F)c1)NCC(C)CN1CCCCC1. The zero-order valence-corrected chi connectivity index (χ0v) is 15.0. The van der Waals surface area contributed by atoms with Gasteiger partial charge in [-0.05, 0) is 56.5 Å². The summed E-state index contributed by atoms with van der Waals surface area (Å²) in [5.74, 6) is 1.16.